The lowest BCUT2D eigenvalue weighted by Crippen LogP contribution is -2.28. The summed E-state index contributed by atoms with van der Waals surface area (Å²) in [7, 11) is 1.47. The van der Waals surface area contributed by atoms with Gasteiger partial charge < -0.3 is 4.74 Å². The Morgan fingerprint density at radius 1 is 1.11 bits per heavy atom. The van der Waals surface area contributed by atoms with Crippen LogP contribution in [0.25, 0.3) is 10.8 Å². The molecule has 0 aliphatic heterocycles. The first-order valence-electron chi connectivity index (χ1n) is 5.69. The number of allylic oxidation sites excluding steroid dienone is 2. The van der Waals surface area contributed by atoms with Gasteiger partial charge in [-0.2, -0.15) is 0 Å². The van der Waals surface area contributed by atoms with Crippen molar-refractivity contribution in [2.45, 2.75) is 5.92 Å². The van der Waals surface area contributed by atoms with Gasteiger partial charge in [-0.25, -0.2) is 0 Å². The first-order chi connectivity index (χ1) is 8.74. The molecule has 0 fully saturated rings. The van der Waals surface area contributed by atoms with Crippen molar-refractivity contribution >= 4 is 28.2 Å². The minimum absolute atomic E-state index is 0.0427. The van der Waals surface area contributed by atoms with Gasteiger partial charge in [0.15, 0.2) is 5.76 Å². The fraction of sp³-hybridized carbons (Fsp3) is 0.133. The number of carbonyl (C=O) groups is 1. The van der Waals surface area contributed by atoms with E-state index in [1.807, 2.05) is 42.5 Å². The molecule has 0 heterocycles. The average Bonchev–Trinajstić information content (AvgIpc) is 2.40. The molecule has 0 aromatic heterocycles. The van der Waals surface area contributed by atoms with Crippen LogP contribution in [0.1, 0.15) is 11.5 Å². The van der Waals surface area contributed by atoms with E-state index in [1.165, 1.54) is 7.11 Å². The van der Waals surface area contributed by atoms with Crippen molar-refractivity contribution in [1.82, 2.24) is 0 Å². The summed E-state index contributed by atoms with van der Waals surface area (Å²) in [5.41, 5.74) is 0.948. The summed E-state index contributed by atoms with van der Waals surface area (Å²) < 4.78 is 4.97. The van der Waals surface area contributed by atoms with E-state index in [1.54, 1.807) is 0 Å². The van der Waals surface area contributed by atoms with Gasteiger partial charge in [-0.1, -0.05) is 54.1 Å². The van der Waals surface area contributed by atoms with E-state index < -0.39 is 0 Å². The smallest absolute Gasteiger partial charge is 0.211 e. The number of Topliss-reactive ketones (excluding diaryl/α,β-unsaturated/α-hetero) is 1. The molecule has 3 rings (SSSR count). The molecule has 90 valence electrons. The lowest BCUT2D eigenvalue weighted by Gasteiger charge is -2.27. The lowest BCUT2D eigenvalue weighted by atomic mass is 9.82. The maximum atomic E-state index is 12.0. The predicted molar refractivity (Wildman–Crippen MR) is 71.6 cm³/mol. The van der Waals surface area contributed by atoms with Crippen LogP contribution in [0, 0.1) is 0 Å². The van der Waals surface area contributed by atoms with E-state index in [4.69, 9.17) is 16.3 Å². The minimum atomic E-state index is -0.368. The van der Waals surface area contributed by atoms with Gasteiger partial charge in [-0.3, -0.25) is 4.79 Å². The normalized spacial score (nSPS) is 19.0. The number of rotatable bonds is 2. The third kappa shape index (κ3) is 1.46. The molecule has 0 N–H and O–H groups in total. The molecular formula is C15H11ClO2. The van der Waals surface area contributed by atoms with Crippen LogP contribution in [0.5, 0.6) is 0 Å². The van der Waals surface area contributed by atoms with Crippen LogP contribution in [-0.2, 0) is 9.53 Å². The van der Waals surface area contributed by atoms with Crippen LogP contribution in [0.4, 0.5) is 0 Å². The fourth-order valence-corrected chi connectivity index (χ4v) is 2.78. The highest BCUT2D eigenvalue weighted by Gasteiger charge is 2.41. The molecular weight excluding hydrogens is 248 g/mol. The Balaban J connectivity index is 2.18. The molecule has 0 saturated carbocycles. The third-order valence-electron chi connectivity index (χ3n) is 3.29. The van der Waals surface area contributed by atoms with E-state index in [2.05, 4.69) is 0 Å². The molecule has 1 aliphatic carbocycles. The van der Waals surface area contributed by atoms with Gasteiger partial charge in [-0.05, 0) is 16.3 Å². The first-order valence-corrected chi connectivity index (χ1v) is 6.07. The molecule has 0 amide bonds. The second kappa shape index (κ2) is 4.14. The van der Waals surface area contributed by atoms with Gasteiger partial charge in [0, 0.05) is 0 Å². The molecule has 1 aliphatic rings. The molecule has 0 saturated heterocycles. The van der Waals surface area contributed by atoms with Gasteiger partial charge in [0.25, 0.3) is 0 Å². The molecule has 2 aromatic carbocycles. The Labute approximate surface area is 110 Å². The van der Waals surface area contributed by atoms with Crippen molar-refractivity contribution in [1.29, 1.82) is 0 Å². The van der Waals surface area contributed by atoms with Gasteiger partial charge >= 0.3 is 0 Å². The Kier molecular flexibility index (Phi) is 2.60. The van der Waals surface area contributed by atoms with Gasteiger partial charge in [0.1, 0.15) is 0 Å². The zero-order valence-corrected chi connectivity index (χ0v) is 10.6. The summed E-state index contributed by atoms with van der Waals surface area (Å²) in [4.78, 5) is 12.0. The summed E-state index contributed by atoms with van der Waals surface area (Å²) >= 11 is 6.14. The Morgan fingerprint density at radius 3 is 2.56 bits per heavy atom. The first kappa shape index (κ1) is 11.3. The second-order valence-electron chi connectivity index (χ2n) is 4.25. The van der Waals surface area contributed by atoms with E-state index in [0.717, 1.165) is 16.3 Å². The number of ether oxygens (including phenoxy) is 1. The minimum Gasteiger partial charge on any atom is -0.492 e. The van der Waals surface area contributed by atoms with Crippen molar-refractivity contribution in [2.24, 2.45) is 0 Å². The van der Waals surface area contributed by atoms with Crippen LogP contribution >= 0.6 is 11.6 Å². The largest absolute Gasteiger partial charge is 0.492 e. The number of methoxy groups -OCH3 is 1. The summed E-state index contributed by atoms with van der Waals surface area (Å²) in [6, 6.07) is 13.9. The van der Waals surface area contributed by atoms with Crippen molar-refractivity contribution < 1.29 is 9.53 Å². The number of hydrogen-bond donors (Lipinski definition) is 0. The Bertz CT molecular complexity index is 668. The number of hydrogen-bond acceptors (Lipinski definition) is 2. The van der Waals surface area contributed by atoms with Crippen molar-refractivity contribution in [2.75, 3.05) is 7.11 Å². The fourth-order valence-electron chi connectivity index (χ4n) is 2.40. The third-order valence-corrected chi connectivity index (χ3v) is 3.68. The zero-order chi connectivity index (χ0) is 12.7. The highest BCUT2D eigenvalue weighted by atomic mass is 35.5. The number of carbonyl (C=O) groups excluding carboxylic acids is 1. The SMILES string of the molecule is COC1=C(Cl)C(c2cccc3ccccc23)C1=O. The summed E-state index contributed by atoms with van der Waals surface area (Å²) in [6.45, 7) is 0. The Hall–Kier alpha value is -1.80. The lowest BCUT2D eigenvalue weighted by molar-refractivity contribution is -0.121. The van der Waals surface area contributed by atoms with Crippen LogP contribution in [0.2, 0.25) is 0 Å². The van der Waals surface area contributed by atoms with Crippen molar-refractivity contribution in [3.63, 3.8) is 0 Å². The number of fused-ring (bicyclic) bond motifs is 1. The van der Waals surface area contributed by atoms with Crippen molar-refractivity contribution in [3.8, 4) is 0 Å². The highest BCUT2D eigenvalue weighted by Crippen LogP contribution is 2.44. The van der Waals surface area contributed by atoms with Gasteiger partial charge in [-0.15, -0.1) is 0 Å². The predicted octanol–water partition coefficient (Wildman–Crippen LogP) is 3.60. The maximum Gasteiger partial charge on any atom is 0.211 e. The molecule has 3 heteroatoms. The molecule has 0 bridgehead atoms. The van der Waals surface area contributed by atoms with Crippen LogP contribution in [0.3, 0.4) is 0 Å². The topological polar surface area (TPSA) is 26.3 Å². The molecule has 1 unspecified atom stereocenters. The van der Waals surface area contributed by atoms with Crippen LogP contribution in [0.15, 0.2) is 53.3 Å². The number of ketones is 1. The van der Waals surface area contributed by atoms with Crippen LogP contribution < -0.4 is 0 Å². The van der Waals surface area contributed by atoms with E-state index >= 15 is 0 Å². The Morgan fingerprint density at radius 2 is 1.83 bits per heavy atom. The molecule has 2 nitrogen and oxygen atoms in total. The van der Waals surface area contributed by atoms with Crippen molar-refractivity contribution in [3.05, 3.63) is 58.8 Å². The standard InChI is InChI=1S/C15H11ClO2/c1-18-15-13(16)12(14(15)17)11-8-4-6-9-5-2-3-7-10(9)11/h2-8,12H,1H3. The van der Waals surface area contributed by atoms with E-state index in [9.17, 15) is 4.79 Å². The van der Waals surface area contributed by atoms with E-state index in [-0.39, 0.29) is 17.5 Å². The molecule has 0 radical (unpaired) electrons. The second-order valence-corrected chi connectivity index (χ2v) is 4.65. The summed E-state index contributed by atoms with van der Waals surface area (Å²) in [5, 5.41) is 2.67. The molecule has 18 heavy (non-hydrogen) atoms. The zero-order valence-electron chi connectivity index (χ0n) is 9.81. The molecule has 0 spiro atoms. The monoisotopic (exact) mass is 258 g/mol. The van der Waals surface area contributed by atoms with Gasteiger partial charge in [0.2, 0.25) is 5.78 Å². The average molecular weight is 259 g/mol. The van der Waals surface area contributed by atoms with Gasteiger partial charge in [0.05, 0.1) is 18.1 Å². The number of benzene rings is 2. The molecule has 2 aromatic rings. The van der Waals surface area contributed by atoms with E-state index in [0.29, 0.717) is 5.03 Å². The number of halogens is 1. The molecule has 1 atom stereocenters. The maximum absolute atomic E-state index is 12.0. The quantitative estimate of drug-likeness (QED) is 0.823. The van der Waals surface area contributed by atoms with Crippen LogP contribution in [-0.4, -0.2) is 12.9 Å². The summed E-state index contributed by atoms with van der Waals surface area (Å²) in [5.74, 6) is -0.124. The highest BCUT2D eigenvalue weighted by molar-refractivity contribution is 6.39. The summed E-state index contributed by atoms with van der Waals surface area (Å²) in [6.07, 6.45) is 0.